The molecule has 0 radical (unpaired) electrons. The van der Waals surface area contributed by atoms with Crippen LogP contribution in [0, 0.1) is 19.3 Å². The molecule has 0 atom stereocenters. The van der Waals surface area contributed by atoms with E-state index in [4.69, 9.17) is 4.74 Å². The maximum atomic E-state index is 11.6. The lowest BCUT2D eigenvalue weighted by molar-refractivity contribution is -0.134. The summed E-state index contributed by atoms with van der Waals surface area (Å²) in [6.07, 6.45) is 0. The summed E-state index contributed by atoms with van der Waals surface area (Å²) in [5, 5.41) is 0. The van der Waals surface area contributed by atoms with Gasteiger partial charge in [-0.05, 0) is 25.5 Å². The van der Waals surface area contributed by atoms with Crippen LogP contribution in [-0.4, -0.2) is 18.4 Å². The highest BCUT2D eigenvalue weighted by molar-refractivity contribution is 5.85. The summed E-state index contributed by atoms with van der Waals surface area (Å²) in [5.74, 6) is 0.00726. The van der Waals surface area contributed by atoms with Gasteiger partial charge in [0.2, 0.25) is 5.91 Å². The predicted molar refractivity (Wildman–Crippen MR) is 77.2 cm³/mol. The molecule has 0 saturated heterocycles. The molecule has 20 heavy (non-hydrogen) atoms. The van der Waals surface area contributed by atoms with E-state index in [-0.39, 0.29) is 12.5 Å². The van der Waals surface area contributed by atoms with E-state index in [2.05, 4.69) is 10.9 Å². The molecule has 1 rings (SSSR count). The highest BCUT2D eigenvalue weighted by Crippen LogP contribution is 2.18. The van der Waals surface area contributed by atoms with Gasteiger partial charge in [-0.1, -0.05) is 38.5 Å². The number of aryl methyl sites for hydroxylation is 2. The van der Waals surface area contributed by atoms with E-state index in [0.717, 1.165) is 11.1 Å². The summed E-state index contributed by atoms with van der Waals surface area (Å²) >= 11 is 0. The second-order valence-electron chi connectivity index (χ2n) is 5.81. The topological polar surface area (TPSA) is 67.4 Å². The molecular weight excluding hydrogens is 256 g/mol. The Morgan fingerprint density at radius 2 is 1.80 bits per heavy atom. The maximum Gasteiger partial charge on any atom is 0.276 e. The number of ether oxygens (including phenoxy) is 1. The van der Waals surface area contributed by atoms with E-state index in [1.54, 1.807) is 20.8 Å². The number of hydrogen-bond acceptors (Lipinski definition) is 3. The van der Waals surface area contributed by atoms with Crippen LogP contribution in [0.2, 0.25) is 0 Å². The van der Waals surface area contributed by atoms with Crippen LogP contribution in [0.1, 0.15) is 31.9 Å². The van der Waals surface area contributed by atoms with Gasteiger partial charge in [-0.15, -0.1) is 0 Å². The fourth-order valence-corrected chi connectivity index (χ4v) is 1.45. The molecule has 0 heterocycles. The molecule has 0 saturated carbocycles. The normalized spacial score (nSPS) is 10.8. The van der Waals surface area contributed by atoms with Crippen LogP contribution < -0.4 is 15.6 Å². The van der Waals surface area contributed by atoms with Gasteiger partial charge in [-0.2, -0.15) is 0 Å². The molecule has 2 amide bonds. The fourth-order valence-electron chi connectivity index (χ4n) is 1.45. The first-order valence-electron chi connectivity index (χ1n) is 6.49. The molecule has 0 unspecified atom stereocenters. The standard InChI is InChI=1S/C15H22N2O3/c1-10-6-7-12(11(2)8-10)20-9-13(18)16-17-14(19)15(3,4)5/h6-8H,9H2,1-5H3,(H,16,18)(H,17,19). The fraction of sp³-hybridized carbons (Fsp3) is 0.467. The van der Waals surface area contributed by atoms with Crippen LogP contribution in [0.3, 0.4) is 0 Å². The minimum atomic E-state index is -0.554. The monoisotopic (exact) mass is 278 g/mol. The Morgan fingerprint density at radius 1 is 1.15 bits per heavy atom. The summed E-state index contributed by atoms with van der Waals surface area (Å²) in [6, 6.07) is 5.72. The van der Waals surface area contributed by atoms with E-state index >= 15 is 0 Å². The van der Waals surface area contributed by atoms with Gasteiger partial charge < -0.3 is 4.74 Å². The van der Waals surface area contributed by atoms with Gasteiger partial charge in [0.1, 0.15) is 5.75 Å². The summed E-state index contributed by atoms with van der Waals surface area (Å²) in [4.78, 5) is 23.1. The summed E-state index contributed by atoms with van der Waals surface area (Å²) < 4.78 is 5.41. The van der Waals surface area contributed by atoms with Gasteiger partial charge in [-0.25, -0.2) is 0 Å². The highest BCUT2D eigenvalue weighted by Gasteiger charge is 2.21. The van der Waals surface area contributed by atoms with Crippen LogP contribution >= 0.6 is 0 Å². The number of nitrogens with one attached hydrogen (secondary N) is 2. The van der Waals surface area contributed by atoms with Crippen molar-refractivity contribution in [1.82, 2.24) is 10.9 Å². The van der Waals surface area contributed by atoms with Crippen molar-refractivity contribution in [3.05, 3.63) is 29.3 Å². The van der Waals surface area contributed by atoms with E-state index in [9.17, 15) is 9.59 Å². The average molecular weight is 278 g/mol. The second kappa shape index (κ2) is 6.41. The van der Waals surface area contributed by atoms with Crippen molar-refractivity contribution >= 4 is 11.8 Å². The molecular formula is C15H22N2O3. The van der Waals surface area contributed by atoms with Crippen molar-refractivity contribution in [2.75, 3.05) is 6.61 Å². The average Bonchev–Trinajstić information content (AvgIpc) is 2.33. The molecule has 0 aliphatic carbocycles. The Morgan fingerprint density at radius 3 is 2.35 bits per heavy atom. The van der Waals surface area contributed by atoms with Crippen molar-refractivity contribution in [3.63, 3.8) is 0 Å². The zero-order valence-corrected chi connectivity index (χ0v) is 12.7. The number of hydrazine groups is 1. The van der Waals surface area contributed by atoms with Gasteiger partial charge in [0.25, 0.3) is 5.91 Å². The molecule has 2 N–H and O–H groups in total. The molecule has 0 fully saturated rings. The first kappa shape index (κ1) is 16.0. The van der Waals surface area contributed by atoms with Gasteiger partial charge in [0.05, 0.1) is 0 Å². The number of amides is 2. The van der Waals surface area contributed by atoms with E-state index < -0.39 is 11.3 Å². The third kappa shape index (κ3) is 4.91. The lowest BCUT2D eigenvalue weighted by Gasteiger charge is -2.18. The second-order valence-corrected chi connectivity index (χ2v) is 5.81. The maximum absolute atomic E-state index is 11.6. The number of carbonyl (C=O) groups excluding carboxylic acids is 2. The van der Waals surface area contributed by atoms with Crippen LogP contribution in [-0.2, 0) is 9.59 Å². The van der Waals surface area contributed by atoms with Gasteiger partial charge >= 0.3 is 0 Å². The molecule has 0 bridgehead atoms. The molecule has 1 aromatic carbocycles. The summed E-state index contributed by atoms with van der Waals surface area (Å²) in [7, 11) is 0. The minimum Gasteiger partial charge on any atom is -0.483 e. The zero-order chi connectivity index (χ0) is 15.3. The van der Waals surface area contributed by atoms with Crippen molar-refractivity contribution in [1.29, 1.82) is 0 Å². The third-order valence-electron chi connectivity index (χ3n) is 2.69. The lowest BCUT2D eigenvalue weighted by Crippen LogP contribution is -2.48. The van der Waals surface area contributed by atoms with Crippen molar-refractivity contribution in [2.24, 2.45) is 5.41 Å². The molecule has 0 aliphatic rings. The summed E-state index contributed by atoms with van der Waals surface area (Å²) in [6.45, 7) is 9.06. The van der Waals surface area contributed by atoms with E-state index in [1.807, 2.05) is 32.0 Å². The molecule has 1 aromatic rings. The number of carbonyl (C=O) groups is 2. The van der Waals surface area contributed by atoms with Crippen LogP contribution in [0.5, 0.6) is 5.75 Å². The van der Waals surface area contributed by atoms with E-state index in [1.165, 1.54) is 0 Å². The molecule has 5 heteroatoms. The van der Waals surface area contributed by atoms with Crippen LogP contribution in [0.4, 0.5) is 0 Å². The first-order valence-corrected chi connectivity index (χ1v) is 6.49. The number of benzene rings is 1. The number of hydrogen-bond donors (Lipinski definition) is 2. The Balaban J connectivity index is 2.42. The third-order valence-corrected chi connectivity index (χ3v) is 2.69. The Hall–Kier alpha value is -2.04. The Bertz CT molecular complexity index is 504. The molecule has 0 aliphatic heterocycles. The number of rotatable bonds is 3. The van der Waals surface area contributed by atoms with Gasteiger partial charge in [0, 0.05) is 5.41 Å². The molecule has 110 valence electrons. The van der Waals surface area contributed by atoms with Crippen molar-refractivity contribution < 1.29 is 14.3 Å². The largest absolute Gasteiger partial charge is 0.483 e. The van der Waals surface area contributed by atoms with Crippen LogP contribution in [0.25, 0.3) is 0 Å². The zero-order valence-electron chi connectivity index (χ0n) is 12.7. The Kier molecular flexibility index (Phi) is 5.13. The molecule has 0 spiro atoms. The van der Waals surface area contributed by atoms with Gasteiger partial charge in [-0.3, -0.25) is 20.4 Å². The quantitative estimate of drug-likeness (QED) is 0.830. The highest BCUT2D eigenvalue weighted by atomic mass is 16.5. The summed E-state index contributed by atoms with van der Waals surface area (Å²) in [5.41, 5.74) is 6.24. The lowest BCUT2D eigenvalue weighted by atomic mass is 9.96. The predicted octanol–water partition coefficient (Wildman–Crippen LogP) is 1.88. The smallest absolute Gasteiger partial charge is 0.276 e. The van der Waals surface area contributed by atoms with Crippen LogP contribution in [0.15, 0.2) is 18.2 Å². The van der Waals surface area contributed by atoms with Crippen molar-refractivity contribution in [2.45, 2.75) is 34.6 Å². The SMILES string of the molecule is Cc1ccc(OCC(=O)NNC(=O)C(C)(C)C)c(C)c1. The van der Waals surface area contributed by atoms with E-state index in [0.29, 0.717) is 5.75 Å². The van der Waals surface area contributed by atoms with Gasteiger partial charge in [0.15, 0.2) is 6.61 Å². The Labute approximate surface area is 119 Å². The molecule has 0 aromatic heterocycles. The molecule has 5 nitrogen and oxygen atoms in total. The first-order chi connectivity index (χ1) is 9.20. The minimum absolute atomic E-state index is 0.145. The van der Waals surface area contributed by atoms with Crippen molar-refractivity contribution in [3.8, 4) is 5.75 Å².